The molecule has 1 fully saturated rings. The van der Waals surface area contributed by atoms with Crippen LogP contribution in [0.2, 0.25) is 0 Å². The highest BCUT2D eigenvalue weighted by Gasteiger charge is 2.22. The first-order valence-corrected chi connectivity index (χ1v) is 7.36. The summed E-state index contributed by atoms with van der Waals surface area (Å²) >= 11 is 4.54. The minimum atomic E-state index is 0.505. The van der Waals surface area contributed by atoms with E-state index in [4.69, 9.17) is 0 Å². The third kappa shape index (κ3) is 2.72. The second kappa shape index (κ2) is 5.43. The second-order valence-corrected chi connectivity index (χ2v) is 6.10. The SMILES string of the molecule is CN(C[C@@H]1C[C@H](S)CN1)c1cccc2ccccc12. The summed E-state index contributed by atoms with van der Waals surface area (Å²) in [6.45, 7) is 2.06. The van der Waals surface area contributed by atoms with Crippen molar-refractivity contribution in [1.29, 1.82) is 0 Å². The minimum absolute atomic E-state index is 0.505. The third-order valence-corrected chi connectivity index (χ3v) is 4.26. The zero-order valence-corrected chi connectivity index (χ0v) is 12.1. The number of rotatable bonds is 3. The first-order valence-electron chi connectivity index (χ1n) is 6.84. The van der Waals surface area contributed by atoms with E-state index in [2.05, 4.69) is 72.4 Å². The summed E-state index contributed by atoms with van der Waals surface area (Å²) < 4.78 is 0. The molecular weight excluding hydrogens is 252 g/mol. The van der Waals surface area contributed by atoms with Crippen LogP contribution in [-0.2, 0) is 0 Å². The first-order chi connectivity index (χ1) is 9.24. The molecule has 0 radical (unpaired) electrons. The number of fused-ring (bicyclic) bond motifs is 1. The fourth-order valence-electron chi connectivity index (χ4n) is 2.91. The van der Waals surface area contributed by atoms with Gasteiger partial charge in [-0.1, -0.05) is 36.4 Å². The Kier molecular flexibility index (Phi) is 3.67. The predicted molar refractivity (Wildman–Crippen MR) is 86.4 cm³/mol. The summed E-state index contributed by atoms with van der Waals surface area (Å²) in [5.41, 5.74) is 1.31. The highest BCUT2D eigenvalue weighted by Crippen LogP contribution is 2.26. The van der Waals surface area contributed by atoms with Crippen molar-refractivity contribution in [1.82, 2.24) is 5.32 Å². The van der Waals surface area contributed by atoms with Crippen molar-refractivity contribution in [3.8, 4) is 0 Å². The Balaban J connectivity index is 1.83. The Morgan fingerprint density at radius 1 is 1.21 bits per heavy atom. The van der Waals surface area contributed by atoms with Gasteiger partial charge in [0.25, 0.3) is 0 Å². The van der Waals surface area contributed by atoms with Gasteiger partial charge in [0.15, 0.2) is 0 Å². The average Bonchev–Trinajstić information content (AvgIpc) is 2.83. The molecule has 1 aliphatic heterocycles. The smallest absolute Gasteiger partial charge is 0.0443 e. The molecule has 0 spiro atoms. The van der Waals surface area contributed by atoms with E-state index in [1.165, 1.54) is 16.5 Å². The van der Waals surface area contributed by atoms with E-state index in [1.807, 2.05) is 0 Å². The minimum Gasteiger partial charge on any atom is -0.373 e. The van der Waals surface area contributed by atoms with E-state index in [0.29, 0.717) is 11.3 Å². The summed E-state index contributed by atoms with van der Waals surface area (Å²) in [5, 5.41) is 6.67. The van der Waals surface area contributed by atoms with Crippen molar-refractivity contribution in [3.63, 3.8) is 0 Å². The predicted octanol–water partition coefficient (Wildman–Crippen LogP) is 2.94. The number of likely N-dealkylation sites (N-methyl/N-ethyl adjacent to an activating group) is 1. The maximum absolute atomic E-state index is 4.54. The summed E-state index contributed by atoms with van der Waals surface area (Å²) in [6.07, 6.45) is 1.15. The van der Waals surface area contributed by atoms with Gasteiger partial charge in [0.2, 0.25) is 0 Å². The van der Waals surface area contributed by atoms with Crippen molar-refractivity contribution in [2.24, 2.45) is 0 Å². The molecule has 0 amide bonds. The summed E-state index contributed by atoms with van der Waals surface area (Å²) in [5.74, 6) is 0. The highest BCUT2D eigenvalue weighted by atomic mass is 32.1. The van der Waals surface area contributed by atoms with Gasteiger partial charge in [-0.2, -0.15) is 12.6 Å². The van der Waals surface area contributed by atoms with Gasteiger partial charge in [0.1, 0.15) is 0 Å². The molecule has 2 aromatic carbocycles. The van der Waals surface area contributed by atoms with Crippen molar-refractivity contribution < 1.29 is 0 Å². The van der Waals surface area contributed by atoms with Crippen LogP contribution in [0.3, 0.4) is 0 Å². The Morgan fingerprint density at radius 2 is 2.00 bits per heavy atom. The van der Waals surface area contributed by atoms with Gasteiger partial charge in [-0.3, -0.25) is 0 Å². The zero-order chi connectivity index (χ0) is 13.2. The average molecular weight is 272 g/mol. The number of hydrogen-bond acceptors (Lipinski definition) is 3. The molecule has 0 unspecified atom stereocenters. The third-order valence-electron chi connectivity index (χ3n) is 3.87. The summed E-state index contributed by atoms with van der Waals surface area (Å²) in [4.78, 5) is 2.35. The molecule has 19 heavy (non-hydrogen) atoms. The fraction of sp³-hybridized carbons (Fsp3) is 0.375. The van der Waals surface area contributed by atoms with Crippen LogP contribution in [0.1, 0.15) is 6.42 Å². The number of benzene rings is 2. The topological polar surface area (TPSA) is 15.3 Å². The van der Waals surface area contributed by atoms with Crippen LogP contribution in [0, 0.1) is 0 Å². The molecule has 0 bridgehead atoms. The molecule has 2 aromatic rings. The maximum Gasteiger partial charge on any atom is 0.0443 e. The van der Waals surface area contributed by atoms with Crippen molar-refractivity contribution >= 4 is 29.1 Å². The number of hydrogen-bond donors (Lipinski definition) is 2. The van der Waals surface area contributed by atoms with E-state index >= 15 is 0 Å². The molecule has 1 aliphatic rings. The molecule has 0 aromatic heterocycles. The van der Waals surface area contributed by atoms with Crippen molar-refractivity contribution in [2.45, 2.75) is 17.7 Å². The van der Waals surface area contributed by atoms with E-state index in [-0.39, 0.29) is 0 Å². The summed E-state index contributed by atoms with van der Waals surface area (Å²) in [6, 6.07) is 15.6. The molecular formula is C16H20N2S. The van der Waals surface area contributed by atoms with Crippen LogP contribution in [0.4, 0.5) is 5.69 Å². The molecule has 2 atom stereocenters. The lowest BCUT2D eigenvalue weighted by Crippen LogP contribution is -2.35. The summed E-state index contributed by atoms with van der Waals surface area (Å²) in [7, 11) is 2.18. The van der Waals surface area contributed by atoms with Gasteiger partial charge >= 0.3 is 0 Å². The van der Waals surface area contributed by atoms with Crippen LogP contribution < -0.4 is 10.2 Å². The normalized spacial score (nSPS) is 22.8. The lowest BCUT2D eigenvalue weighted by atomic mass is 10.1. The largest absolute Gasteiger partial charge is 0.373 e. The monoisotopic (exact) mass is 272 g/mol. The van der Waals surface area contributed by atoms with Crippen LogP contribution in [-0.4, -0.2) is 31.4 Å². The van der Waals surface area contributed by atoms with Gasteiger partial charge in [-0.25, -0.2) is 0 Å². The van der Waals surface area contributed by atoms with E-state index < -0.39 is 0 Å². The second-order valence-electron chi connectivity index (χ2n) is 5.37. The molecule has 0 aliphatic carbocycles. The van der Waals surface area contributed by atoms with E-state index in [9.17, 15) is 0 Å². The van der Waals surface area contributed by atoms with Gasteiger partial charge in [0, 0.05) is 42.5 Å². The molecule has 2 nitrogen and oxygen atoms in total. The van der Waals surface area contributed by atoms with E-state index in [1.54, 1.807) is 0 Å². The molecule has 100 valence electrons. The quantitative estimate of drug-likeness (QED) is 0.835. The fourth-order valence-corrected chi connectivity index (χ4v) is 3.27. The Hall–Kier alpha value is -1.19. The standard InChI is InChI=1S/C16H20N2S/c1-18(11-13-9-14(19)10-17-13)16-8-4-6-12-5-2-3-7-15(12)16/h2-8,13-14,17,19H,9-11H2,1H3/t13-,14-/m0/s1. The van der Waals surface area contributed by atoms with Crippen LogP contribution in [0.5, 0.6) is 0 Å². The number of nitrogens with one attached hydrogen (secondary N) is 1. The Morgan fingerprint density at radius 3 is 2.79 bits per heavy atom. The molecule has 1 N–H and O–H groups in total. The zero-order valence-electron chi connectivity index (χ0n) is 11.2. The Bertz CT molecular complexity index is 564. The van der Waals surface area contributed by atoms with Crippen LogP contribution >= 0.6 is 12.6 Å². The van der Waals surface area contributed by atoms with Crippen molar-refractivity contribution in [3.05, 3.63) is 42.5 Å². The lowest BCUT2D eigenvalue weighted by Gasteiger charge is -2.24. The van der Waals surface area contributed by atoms with Crippen LogP contribution in [0.15, 0.2) is 42.5 Å². The van der Waals surface area contributed by atoms with Crippen LogP contribution in [0.25, 0.3) is 10.8 Å². The maximum atomic E-state index is 4.54. The number of nitrogens with zero attached hydrogens (tertiary/aromatic N) is 1. The lowest BCUT2D eigenvalue weighted by molar-refractivity contribution is 0.601. The molecule has 1 heterocycles. The molecule has 3 heteroatoms. The number of thiol groups is 1. The van der Waals surface area contributed by atoms with Gasteiger partial charge in [-0.05, 0) is 17.9 Å². The molecule has 1 saturated heterocycles. The van der Waals surface area contributed by atoms with E-state index in [0.717, 1.165) is 19.5 Å². The van der Waals surface area contributed by atoms with Gasteiger partial charge in [0.05, 0.1) is 0 Å². The number of anilines is 1. The highest BCUT2D eigenvalue weighted by molar-refractivity contribution is 7.81. The van der Waals surface area contributed by atoms with Gasteiger partial charge in [-0.15, -0.1) is 0 Å². The molecule has 0 saturated carbocycles. The first kappa shape index (κ1) is 12.8. The Labute approximate surface area is 120 Å². The molecule has 3 rings (SSSR count). The van der Waals surface area contributed by atoms with Crippen molar-refractivity contribution in [2.75, 3.05) is 25.0 Å². The van der Waals surface area contributed by atoms with Gasteiger partial charge < -0.3 is 10.2 Å².